The molecule has 0 aromatic heterocycles. The Balaban J connectivity index is 1.52. The number of aryl methyl sites for hydroxylation is 1. The van der Waals surface area contributed by atoms with Crippen molar-refractivity contribution in [3.05, 3.63) is 69.2 Å². The molecule has 1 aliphatic carbocycles. The summed E-state index contributed by atoms with van der Waals surface area (Å²) in [5.41, 5.74) is -2.14. The maximum atomic E-state index is 13.6. The van der Waals surface area contributed by atoms with Crippen LogP contribution in [0.3, 0.4) is 0 Å². The number of benzene rings is 2. The molecule has 1 saturated carbocycles. The largest absolute Gasteiger partial charge is 0.416 e. The Hall–Kier alpha value is -1.91. The Morgan fingerprint density at radius 1 is 0.868 bits per heavy atom. The van der Waals surface area contributed by atoms with Crippen molar-refractivity contribution in [3.8, 4) is 0 Å². The Labute approximate surface area is 227 Å². The smallest absolute Gasteiger partial charge is 0.298 e. The molecule has 1 atom stereocenters. The molecule has 208 valence electrons. The fourth-order valence-electron chi connectivity index (χ4n) is 5.65. The van der Waals surface area contributed by atoms with E-state index in [0.29, 0.717) is 31.3 Å². The van der Waals surface area contributed by atoms with E-state index in [1.54, 1.807) is 0 Å². The van der Waals surface area contributed by atoms with Crippen LogP contribution in [-0.4, -0.2) is 47.8 Å². The van der Waals surface area contributed by atoms with Crippen LogP contribution in [-0.2, 0) is 23.6 Å². The number of hydrogen-bond acceptors (Lipinski definition) is 3. The van der Waals surface area contributed by atoms with Gasteiger partial charge < -0.3 is 0 Å². The van der Waals surface area contributed by atoms with Crippen molar-refractivity contribution in [1.29, 1.82) is 0 Å². The van der Waals surface area contributed by atoms with E-state index < -0.39 is 29.5 Å². The number of nitrogens with zero attached hydrogens (tertiary/aromatic N) is 2. The van der Waals surface area contributed by atoms with Crippen LogP contribution in [0.1, 0.15) is 66.8 Å². The number of carbonyl (C=O) groups excluding carboxylic acids is 1. The normalized spacial score (nSPS) is 19.4. The molecule has 4 rings (SSSR count). The van der Waals surface area contributed by atoms with Crippen LogP contribution in [0.2, 0.25) is 0 Å². The number of alkyl halides is 6. The molecule has 2 aromatic rings. The summed E-state index contributed by atoms with van der Waals surface area (Å²) in [6.07, 6.45) is -4.13. The van der Waals surface area contributed by atoms with Gasteiger partial charge in [-0.3, -0.25) is 14.6 Å². The average molecular weight is 605 g/mol. The average Bonchev–Trinajstić information content (AvgIpc) is 2.88. The van der Waals surface area contributed by atoms with Crippen molar-refractivity contribution in [2.45, 2.75) is 69.4 Å². The predicted octanol–water partition coefficient (Wildman–Crippen LogP) is 7.68. The summed E-state index contributed by atoms with van der Waals surface area (Å²) in [5.74, 6) is -0.228. The maximum absolute atomic E-state index is 13.6. The standard InChI is InChI=1S/C28H31BrF6N2O/c29-24-9-5-4-8-23(24)26(37-14-12-36(13-15-37)22-6-2-1-3-7-22)25(38)11-10-19-16-20(27(30,31)32)18-21(17-19)28(33,34)35/h4-5,8-9,16-18,22,26H,1-3,6-7,10-15H2. The minimum Gasteiger partial charge on any atom is -0.298 e. The van der Waals surface area contributed by atoms with Crippen LogP contribution in [0.5, 0.6) is 0 Å². The first-order valence-corrected chi connectivity index (χ1v) is 13.8. The highest BCUT2D eigenvalue weighted by molar-refractivity contribution is 9.10. The Bertz CT molecular complexity index is 1070. The lowest BCUT2D eigenvalue weighted by molar-refractivity contribution is -0.143. The van der Waals surface area contributed by atoms with E-state index in [0.717, 1.165) is 23.1 Å². The van der Waals surface area contributed by atoms with E-state index in [1.165, 1.54) is 32.1 Å². The van der Waals surface area contributed by atoms with E-state index in [4.69, 9.17) is 0 Å². The molecule has 10 heteroatoms. The van der Waals surface area contributed by atoms with Crippen molar-refractivity contribution >= 4 is 21.7 Å². The molecular formula is C28H31BrF6N2O. The van der Waals surface area contributed by atoms with Gasteiger partial charge in [0.15, 0.2) is 5.78 Å². The van der Waals surface area contributed by atoms with Crippen molar-refractivity contribution in [2.24, 2.45) is 0 Å². The lowest BCUT2D eigenvalue weighted by Gasteiger charge is -2.43. The van der Waals surface area contributed by atoms with Gasteiger partial charge in [0.2, 0.25) is 0 Å². The van der Waals surface area contributed by atoms with Gasteiger partial charge in [0.05, 0.1) is 17.2 Å². The molecule has 0 N–H and O–H groups in total. The number of ketones is 1. The van der Waals surface area contributed by atoms with Crippen LogP contribution in [0.15, 0.2) is 46.9 Å². The van der Waals surface area contributed by atoms with Gasteiger partial charge in [-0.1, -0.05) is 53.4 Å². The molecule has 1 aliphatic heterocycles. The molecular weight excluding hydrogens is 574 g/mol. The monoisotopic (exact) mass is 604 g/mol. The van der Waals surface area contributed by atoms with Crippen molar-refractivity contribution in [2.75, 3.05) is 26.2 Å². The number of piperazine rings is 1. The van der Waals surface area contributed by atoms with Crippen LogP contribution in [0.25, 0.3) is 0 Å². The molecule has 0 amide bonds. The molecule has 1 saturated heterocycles. The molecule has 0 bridgehead atoms. The molecule has 1 heterocycles. The zero-order chi connectivity index (χ0) is 27.5. The van der Waals surface area contributed by atoms with Crippen LogP contribution >= 0.6 is 15.9 Å². The third-order valence-corrected chi connectivity index (χ3v) is 8.34. The lowest BCUT2D eigenvalue weighted by Crippen LogP contribution is -2.52. The molecule has 2 aromatic carbocycles. The zero-order valence-corrected chi connectivity index (χ0v) is 22.5. The number of Topliss-reactive ketones (excluding diaryl/α,β-unsaturated/α-hetero) is 1. The number of carbonyl (C=O) groups is 1. The fourth-order valence-corrected chi connectivity index (χ4v) is 6.15. The van der Waals surface area contributed by atoms with Gasteiger partial charge in [0.25, 0.3) is 0 Å². The quantitative estimate of drug-likeness (QED) is 0.303. The molecule has 1 unspecified atom stereocenters. The highest BCUT2D eigenvalue weighted by atomic mass is 79.9. The molecule has 0 spiro atoms. The molecule has 3 nitrogen and oxygen atoms in total. The Morgan fingerprint density at radius 2 is 1.45 bits per heavy atom. The minimum atomic E-state index is -4.92. The molecule has 38 heavy (non-hydrogen) atoms. The van der Waals surface area contributed by atoms with Gasteiger partial charge in [0, 0.05) is 43.1 Å². The second-order valence-corrected chi connectivity index (χ2v) is 11.0. The second-order valence-electron chi connectivity index (χ2n) is 10.2. The van der Waals surface area contributed by atoms with Gasteiger partial charge in [-0.2, -0.15) is 26.3 Å². The first kappa shape index (κ1) is 29.1. The van der Waals surface area contributed by atoms with Crippen molar-refractivity contribution < 1.29 is 31.1 Å². The van der Waals surface area contributed by atoms with Gasteiger partial charge in [-0.25, -0.2) is 0 Å². The first-order valence-electron chi connectivity index (χ1n) is 13.0. The van der Waals surface area contributed by atoms with E-state index >= 15 is 0 Å². The topological polar surface area (TPSA) is 23.6 Å². The summed E-state index contributed by atoms with van der Waals surface area (Å²) in [6, 6.07) is 8.78. The summed E-state index contributed by atoms with van der Waals surface area (Å²) in [4.78, 5) is 18.2. The summed E-state index contributed by atoms with van der Waals surface area (Å²) in [5, 5.41) is 0. The summed E-state index contributed by atoms with van der Waals surface area (Å²) >= 11 is 3.53. The number of rotatable bonds is 7. The van der Waals surface area contributed by atoms with Crippen LogP contribution < -0.4 is 0 Å². The fraction of sp³-hybridized carbons (Fsp3) is 0.536. The highest BCUT2D eigenvalue weighted by Gasteiger charge is 2.37. The summed E-state index contributed by atoms with van der Waals surface area (Å²) < 4.78 is 80.5. The van der Waals surface area contributed by atoms with Crippen LogP contribution in [0, 0.1) is 0 Å². The van der Waals surface area contributed by atoms with E-state index in [1.807, 2.05) is 24.3 Å². The molecule has 2 fully saturated rings. The number of halogens is 7. The Kier molecular flexibility index (Phi) is 9.25. The van der Waals surface area contributed by atoms with Crippen molar-refractivity contribution in [1.82, 2.24) is 9.80 Å². The maximum Gasteiger partial charge on any atom is 0.416 e. The van der Waals surface area contributed by atoms with Crippen molar-refractivity contribution in [3.63, 3.8) is 0 Å². The zero-order valence-electron chi connectivity index (χ0n) is 20.9. The van der Waals surface area contributed by atoms with Gasteiger partial charge >= 0.3 is 12.4 Å². The number of hydrogen-bond donors (Lipinski definition) is 0. The van der Waals surface area contributed by atoms with Gasteiger partial charge in [0.1, 0.15) is 0 Å². The molecule has 0 radical (unpaired) electrons. The SMILES string of the molecule is O=C(CCc1cc(C(F)(F)F)cc(C(F)(F)F)c1)C(c1ccccc1Br)N1CCN(C2CCCCC2)CC1. The second kappa shape index (κ2) is 12.1. The van der Waals surface area contributed by atoms with E-state index in [-0.39, 0.29) is 30.3 Å². The summed E-state index contributed by atoms with van der Waals surface area (Å²) in [6.45, 7) is 2.97. The predicted molar refractivity (Wildman–Crippen MR) is 137 cm³/mol. The third-order valence-electron chi connectivity index (χ3n) is 7.62. The van der Waals surface area contributed by atoms with E-state index in [2.05, 4.69) is 25.7 Å². The van der Waals surface area contributed by atoms with Gasteiger partial charge in [-0.05, 0) is 54.7 Å². The minimum absolute atomic E-state index is 0.112. The van der Waals surface area contributed by atoms with E-state index in [9.17, 15) is 31.1 Å². The highest BCUT2D eigenvalue weighted by Crippen LogP contribution is 2.37. The Morgan fingerprint density at radius 3 is 2.00 bits per heavy atom. The molecule has 2 aliphatic rings. The van der Waals surface area contributed by atoms with Gasteiger partial charge in [-0.15, -0.1) is 0 Å². The first-order chi connectivity index (χ1) is 17.9. The summed E-state index contributed by atoms with van der Waals surface area (Å²) in [7, 11) is 0. The van der Waals surface area contributed by atoms with Crippen LogP contribution in [0.4, 0.5) is 26.3 Å². The lowest BCUT2D eigenvalue weighted by atomic mass is 9.92. The third kappa shape index (κ3) is 7.18.